The number of nitrogens with one attached hydrogen (secondary N) is 1. The molecule has 0 spiro atoms. The summed E-state index contributed by atoms with van der Waals surface area (Å²) in [7, 11) is 0. The summed E-state index contributed by atoms with van der Waals surface area (Å²) in [6, 6.07) is 10.9. The molecule has 0 aliphatic carbocycles. The number of benzene rings is 2. The second-order valence-corrected chi connectivity index (χ2v) is 5.32. The Morgan fingerprint density at radius 2 is 2.11 bits per heavy atom. The second kappa shape index (κ2) is 4.94. The van der Waals surface area contributed by atoms with Crippen molar-refractivity contribution in [2.24, 2.45) is 0 Å². The first-order valence-electron chi connectivity index (χ1n) is 5.67. The van der Waals surface area contributed by atoms with Gasteiger partial charge in [-0.1, -0.05) is 18.2 Å². The lowest BCUT2D eigenvalue weighted by molar-refractivity contribution is 0.623. The number of hydrogen-bond acceptors (Lipinski definition) is 1. The van der Waals surface area contributed by atoms with Gasteiger partial charge in [-0.05, 0) is 33.6 Å². The molecule has 0 saturated heterocycles. The average Bonchev–Trinajstić information content (AvgIpc) is 2.82. The summed E-state index contributed by atoms with van der Waals surface area (Å²) in [5.74, 6) is 0.852. The third kappa shape index (κ3) is 2.38. The van der Waals surface area contributed by atoms with Crippen LogP contribution in [0.3, 0.4) is 0 Å². The molecule has 0 saturated carbocycles. The highest BCUT2D eigenvalue weighted by Gasteiger charge is 2.09. The smallest absolute Gasteiger partial charge is 0.139 e. The van der Waals surface area contributed by atoms with Crippen molar-refractivity contribution in [3.05, 3.63) is 52.3 Å². The van der Waals surface area contributed by atoms with Gasteiger partial charge in [-0.2, -0.15) is 0 Å². The maximum atomic E-state index is 13.5. The monoisotopic (exact) mass is 338 g/mol. The molecule has 2 nitrogen and oxygen atoms in total. The molecule has 96 valence electrons. The molecule has 0 bridgehead atoms. The Bertz CT molecular complexity index is 715. The number of nitrogens with zero attached hydrogens (tertiary/aromatic N) is 1. The minimum absolute atomic E-state index is 0.308. The van der Waals surface area contributed by atoms with E-state index in [1.807, 2.05) is 24.3 Å². The Kier molecular flexibility index (Phi) is 3.29. The molecule has 0 aliphatic heterocycles. The van der Waals surface area contributed by atoms with Gasteiger partial charge in [-0.25, -0.2) is 9.37 Å². The van der Waals surface area contributed by atoms with Crippen LogP contribution in [0.4, 0.5) is 4.39 Å². The van der Waals surface area contributed by atoms with Gasteiger partial charge in [0.05, 0.1) is 15.5 Å². The van der Waals surface area contributed by atoms with Gasteiger partial charge >= 0.3 is 0 Å². The van der Waals surface area contributed by atoms with Crippen LogP contribution in [0, 0.1) is 5.82 Å². The van der Waals surface area contributed by atoms with Crippen molar-refractivity contribution in [1.82, 2.24) is 9.97 Å². The van der Waals surface area contributed by atoms with Crippen LogP contribution in [0.25, 0.3) is 22.4 Å². The van der Waals surface area contributed by atoms with Gasteiger partial charge < -0.3 is 4.98 Å². The van der Waals surface area contributed by atoms with Crippen LogP contribution in [-0.4, -0.2) is 9.97 Å². The molecule has 3 rings (SSSR count). The molecule has 1 heterocycles. The van der Waals surface area contributed by atoms with Crippen LogP contribution in [0.15, 0.2) is 40.9 Å². The van der Waals surface area contributed by atoms with Crippen molar-refractivity contribution in [2.75, 3.05) is 0 Å². The van der Waals surface area contributed by atoms with Crippen LogP contribution < -0.4 is 0 Å². The quantitative estimate of drug-likeness (QED) is 0.663. The lowest BCUT2D eigenvalue weighted by Crippen LogP contribution is -1.83. The minimum Gasteiger partial charge on any atom is -0.338 e. The summed E-state index contributed by atoms with van der Waals surface area (Å²) in [6.07, 6.45) is 0. The van der Waals surface area contributed by atoms with Gasteiger partial charge in [0.15, 0.2) is 0 Å². The number of H-pyrrole nitrogens is 1. The van der Waals surface area contributed by atoms with E-state index in [0.29, 0.717) is 21.7 Å². The summed E-state index contributed by atoms with van der Waals surface area (Å²) < 4.78 is 13.9. The van der Waals surface area contributed by atoms with Crippen molar-refractivity contribution in [3.8, 4) is 11.4 Å². The highest BCUT2D eigenvalue weighted by molar-refractivity contribution is 9.10. The van der Waals surface area contributed by atoms with E-state index in [-0.39, 0.29) is 5.82 Å². The highest BCUT2D eigenvalue weighted by atomic mass is 79.9. The molecule has 0 aliphatic rings. The number of hydrogen-bond donors (Lipinski definition) is 1. The topological polar surface area (TPSA) is 28.7 Å². The Morgan fingerprint density at radius 1 is 1.26 bits per heavy atom. The molecule has 2 aromatic carbocycles. The number of rotatable bonds is 2. The van der Waals surface area contributed by atoms with Gasteiger partial charge in [0.2, 0.25) is 0 Å². The molecular formula is C14H9BrClFN2. The third-order valence-electron chi connectivity index (χ3n) is 2.88. The first kappa shape index (κ1) is 12.6. The van der Waals surface area contributed by atoms with E-state index in [1.165, 1.54) is 6.07 Å². The van der Waals surface area contributed by atoms with Crippen molar-refractivity contribution in [3.63, 3.8) is 0 Å². The Hall–Kier alpha value is -1.39. The van der Waals surface area contributed by atoms with Crippen molar-refractivity contribution in [1.29, 1.82) is 0 Å². The van der Waals surface area contributed by atoms with E-state index in [1.54, 1.807) is 6.07 Å². The van der Waals surface area contributed by atoms with Crippen LogP contribution in [0.5, 0.6) is 0 Å². The predicted octanol–water partition coefficient (Wildman–Crippen LogP) is 4.87. The van der Waals surface area contributed by atoms with E-state index in [2.05, 4.69) is 25.9 Å². The van der Waals surface area contributed by atoms with Gasteiger partial charge in [0.25, 0.3) is 0 Å². The Morgan fingerprint density at radius 3 is 2.89 bits per heavy atom. The maximum absolute atomic E-state index is 13.5. The number of fused-ring (bicyclic) bond motifs is 1. The number of aromatic amines is 1. The fraction of sp³-hybridized carbons (Fsp3) is 0.0714. The molecule has 1 N–H and O–H groups in total. The van der Waals surface area contributed by atoms with Crippen LogP contribution >= 0.6 is 27.5 Å². The first-order valence-corrected chi connectivity index (χ1v) is 7.00. The third-order valence-corrected chi connectivity index (χ3v) is 3.79. The number of aromatic nitrogens is 2. The van der Waals surface area contributed by atoms with Crippen molar-refractivity contribution < 1.29 is 4.39 Å². The van der Waals surface area contributed by atoms with E-state index < -0.39 is 0 Å². The fourth-order valence-corrected chi connectivity index (χ4v) is 2.44. The van der Waals surface area contributed by atoms with Crippen LogP contribution in [0.1, 0.15) is 5.56 Å². The number of imidazole rings is 1. The summed E-state index contributed by atoms with van der Waals surface area (Å²) in [6.45, 7) is 0. The fourth-order valence-electron chi connectivity index (χ4n) is 1.94. The SMILES string of the molecule is Fc1cc2[nH]c(-c3cccc(CCl)c3)nc2cc1Br. The molecule has 19 heavy (non-hydrogen) atoms. The van der Waals surface area contributed by atoms with E-state index >= 15 is 0 Å². The van der Waals surface area contributed by atoms with Crippen molar-refractivity contribution in [2.45, 2.75) is 5.88 Å². The standard InChI is InChI=1S/C14H9BrClFN2/c15-10-5-12-13(6-11(10)17)19-14(18-12)9-3-1-2-8(4-9)7-16/h1-6H,7H2,(H,18,19). The van der Waals surface area contributed by atoms with E-state index in [4.69, 9.17) is 11.6 Å². The zero-order valence-electron chi connectivity index (χ0n) is 9.75. The molecule has 0 radical (unpaired) electrons. The molecule has 0 fully saturated rings. The highest BCUT2D eigenvalue weighted by Crippen LogP contribution is 2.25. The summed E-state index contributed by atoms with van der Waals surface area (Å²) >= 11 is 8.98. The molecular weight excluding hydrogens is 331 g/mol. The minimum atomic E-state index is -0.308. The molecule has 0 amide bonds. The molecule has 5 heteroatoms. The lowest BCUT2D eigenvalue weighted by atomic mass is 10.1. The average molecular weight is 340 g/mol. The Labute approximate surface area is 122 Å². The summed E-state index contributed by atoms with van der Waals surface area (Å²) in [4.78, 5) is 7.58. The number of alkyl halides is 1. The first-order chi connectivity index (χ1) is 9.17. The Balaban J connectivity index is 2.14. The molecule has 0 unspecified atom stereocenters. The second-order valence-electron chi connectivity index (χ2n) is 4.20. The van der Waals surface area contributed by atoms with Crippen molar-refractivity contribution >= 4 is 38.6 Å². The molecule has 1 aromatic heterocycles. The van der Waals surface area contributed by atoms with Crippen LogP contribution in [0.2, 0.25) is 0 Å². The van der Waals surface area contributed by atoms with Gasteiger partial charge in [0, 0.05) is 17.5 Å². The normalized spacial score (nSPS) is 11.1. The zero-order chi connectivity index (χ0) is 13.4. The largest absolute Gasteiger partial charge is 0.338 e. The zero-order valence-corrected chi connectivity index (χ0v) is 12.1. The van der Waals surface area contributed by atoms with Gasteiger partial charge in [-0.3, -0.25) is 0 Å². The van der Waals surface area contributed by atoms with Gasteiger partial charge in [-0.15, -0.1) is 11.6 Å². The molecule has 0 atom stereocenters. The van der Waals surface area contributed by atoms with E-state index in [0.717, 1.165) is 16.6 Å². The maximum Gasteiger partial charge on any atom is 0.139 e. The number of halogens is 3. The molecule has 3 aromatic rings. The lowest BCUT2D eigenvalue weighted by Gasteiger charge is -1.99. The van der Waals surface area contributed by atoms with E-state index in [9.17, 15) is 4.39 Å². The summed E-state index contributed by atoms with van der Waals surface area (Å²) in [5, 5.41) is 0. The van der Waals surface area contributed by atoms with Crippen LogP contribution in [-0.2, 0) is 5.88 Å². The predicted molar refractivity (Wildman–Crippen MR) is 78.7 cm³/mol. The van der Waals surface area contributed by atoms with Gasteiger partial charge in [0.1, 0.15) is 11.6 Å². The summed E-state index contributed by atoms with van der Waals surface area (Å²) in [5.41, 5.74) is 3.35.